The number of aromatic nitrogens is 4. The number of piperazine rings is 1. The normalized spacial score (nSPS) is 19.1. The second kappa shape index (κ2) is 6.95. The van der Waals surface area contributed by atoms with Crippen molar-refractivity contribution in [1.29, 1.82) is 0 Å². The third-order valence-corrected chi connectivity index (χ3v) is 4.36. The van der Waals surface area contributed by atoms with Gasteiger partial charge in [0.15, 0.2) is 0 Å². The van der Waals surface area contributed by atoms with Crippen LogP contribution in [-0.2, 0) is 13.1 Å². The fraction of sp³-hybridized carbons (Fsp3) is 0.562. The van der Waals surface area contributed by atoms with Crippen LogP contribution in [0.15, 0.2) is 24.7 Å². The number of aryl methyl sites for hydroxylation is 1. The third kappa shape index (κ3) is 3.44. The van der Waals surface area contributed by atoms with E-state index in [1.807, 2.05) is 12.4 Å². The molecule has 0 saturated carbocycles. The molecule has 7 nitrogen and oxygen atoms in total. The maximum Gasteiger partial charge on any atom is 0.228 e. The van der Waals surface area contributed by atoms with E-state index in [0.717, 1.165) is 44.5 Å². The van der Waals surface area contributed by atoms with Crippen LogP contribution in [0.5, 0.6) is 5.88 Å². The highest BCUT2D eigenvalue weighted by atomic mass is 16.5. The van der Waals surface area contributed by atoms with Crippen molar-refractivity contribution < 1.29 is 4.74 Å². The maximum atomic E-state index is 5.19. The molecule has 3 rings (SSSR count). The van der Waals surface area contributed by atoms with Crippen molar-refractivity contribution in [3.63, 3.8) is 0 Å². The molecule has 23 heavy (non-hydrogen) atoms. The number of methoxy groups -OCH3 is 1. The van der Waals surface area contributed by atoms with Crippen LogP contribution >= 0.6 is 0 Å². The van der Waals surface area contributed by atoms with Crippen molar-refractivity contribution in [2.75, 3.05) is 31.6 Å². The summed E-state index contributed by atoms with van der Waals surface area (Å²) in [5.41, 5.74) is 0. The molecule has 1 aliphatic heterocycles. The standard InChI is InChI=1S/C16H24N6O/c1-4-20-8-7-17-14(20)12-21-9-10-22(11-13(21)2)16-18-6-5-15(19-16)23-3/h5-8,13H,4,9-12H2,1-3H3/t13-/m0/s1. The zero-order valence-corrected chi connectivity index (χ0v) is 14.0. The van der Waals surface area contributed by atoms with Crippen molar-refractivity contribution in [1.82, 2.24) is 24.4 Å². The monoisotopic (exact) mass is 316 g/mol. The van der Waals surface area contributed by atoms with Gasteiger partial charge in [0.05, 0.1) is 13.7 Å². The minimum absolute atomic E-state index is 0.417. The Morgan fingerprint density at radius 3 is 2.87 bits per heavy atom. The first-order valence-electron chi connectivity index (χ1n) is 8.07. The van der Waals surface area contributed by atoms with E-state index in [-0.39, 0.29) is 0 Å². The molecule has 0 bridgehead atoms. The molecule has 124 valence electrons. The molecule has 7 heteroatoms. The van der Waals surface area contributed by atoms with Gasteiger partial charge in [0.1, 0.15) is 5.82 Å². The molecule has 3 heterocycles. The first kappa shape index (κ1) is 15.7. The van der Waals surface area contributed by atoms with E-state index in [9.17, 15) is 0 Å². The molecule has 2 aromatic heterocycles. The largest absolute Gasteiger partial charge is 0.481 e. The number of imidazole rings is 1. The van der Waals surface area contributed by atoms with Gasteiger partial charge in [0.25, 0.3) is 0 Å². The molecule has 0 amide bonds. The zero-order valence-electron chi connectivity index (χ0n) is 14.0. The summed E-state index contributed by atoms with van der Waals surface area (Å²) in [6.07, 6.45) is 5.67. The molecule has 1 saturated heterocycles. The molecule has 0 aromatic carbocycles. The predicted octanol–water partition coefficient (Wildman–Crippen LogP) is 1.41. The molecule has 0 aliphatic carbocycles. The summed E-state index contributed by atoms with van der Waals surface area (Å²) >= 11 is 0. The summed E-state index contributed by atoms with van der Waals surface area (Å²) in [5.74, 6) is 2.48. The summed E-state index contributed by atoms with van der Waals surface area (Å²) in [6, 6.07) is 2.19. The van der Waals surface area contributed by atoms with E-state index in [2.05, 4.69) is 43.2 Å². The number of rotatable bonds is 5. The third-order valence-electron chi connectivity index (χ3n) is 4.36. The molecule has 0 N–H and O–H groups in total. The van der Waals surface area contributed by atoms with Gasteiger partial charge in [0.2, 0.25) is 11.8 Å². The fourth-order valence-corrected chi connectivity index (χ4v) is 2.97. The number of hydrogen-bond donors (Lipinski definition) is 0. The van der Waals surface area contributed by atoms with Crippen molar-refractivity contribution in [3.05, 3.63) is 30.5 Å². The summed E-state index contributed by atoms with van der Waals surface area (Å²) in [4.78, 5) is 18.0. The summed E-state index contributed by atoms with van der Waals surface area (Å²) in [6.45, 7) is 9.01. The van der Waals surface area contributed by atoms with E-state index >= 15 is 0 Å². The molecular weight excluding hydrogens is 292 g/mol. The Morgan fingerprint density at radius 1 is 1.26 bits per heavy atom. The van der Waals surface area contributed by atoms with Crippen LogP contribution in [-0.4, -0.2) is 57.2 Å². The van der Waals surface area contributed by atoms with Gasteiger partial charge in [-0.1, -0.05) is 0 Å². The highest BCUT2D eigenvalue weighted by molar-refractivity contribution is 5.33. The molecule has 0 unspecified atom stereocenters. The summed E-state index contributed by atoms with van der Waals surface area (Å²) in [5, 5.41) is 0. The van der Waals surface area contributed by atoms with Crippen molar-refractivity contribution in [2.45, 2.75) is 33.0 Å². The van der Waals surface area contributed by atoms with Crippen LogP contribution in [0.3, 0.4) is 0 Å². The van der Waals surface area contributed by atoms with Crippen LogP contribution in [0.4, 0.5) is 5.95 Å². The van der Waals surface area contributed by atoms with Gasteiger partial charge in [-0.05, 0) is 13.8 Å². The molecule has 0 spiro atoms. The predicted molar refractivity (Wildman–Crippen MR) is 88.6 cm³/mol. The first-order valence-corrected chi connectivity index (χ1v) is 8.07. The van der Waals surface area contributed by atoms with Crippen molar-refractivity contribution in [3.8, 4) is 5.88 Å². The van der Waals surface area contributed by atoms with Crippen LogP contribution in [0.1, 0.15) is 19.7 Å². The Kier molecular flexibility index (Phi) is 4.76. The smallest absolute Gasteiger partial charge is 0.228 e. The van der Waals surface area contributed by atoms with Gasteiger partial charge >= 0.3 is 0 Å². The second-order valence-electron chi connectivity index (χ2n) is 5.79. The summed E-state index contributed by atoms with van der Waals surface area (Å²) < 4.78 is 7.39. The first-order chi connectivity index (χ1) is 11.2. The van der Waals surface area contributed by atoms with Gasteiger partial charge in [-0.15, -0.1) is 0 Å². The van der Waals surface area contributed by atoms with Gasteiger partial charge < -0.3 is 14.2 Å². The maximum absolute atomic E-state index is 5.19. The quantitative estimate of drug-likeness (QED) is 0.831. The van der Waals surface area contributed by atoms with Crippen molar-refractivity contribution >= 4 is 5.95 Å². The van der Waals surface area contributed by atoms with E-state index in [1.165, 1.54) is 0 Å². The Morgan fingerprint density at radius 2 is 2.13 bits per heavy atom. The zero-order chi connectivity index (χ0) is 16.2. The minimum atomic E-state index is 0.417. The lowest BCUT2D eigenvalue weighted by Gasteiger charge is -2.39. The average molecular weight is 316 g/mol. The van der Waals surface area contributed by atoms with Crippen LogP contribution in [0.2, 0.25) is 0 Å². The van der Waals surface area contributed by atoms with Crippen LogP contribution in [0.25, 0.3) is 0 Å². The van der Waals surface area contributed by atoms with Gasteiger partial charge in [-0.25, -0.2) is 9.97 Å². The highest BCUT2D eigenvalue weighted by Crippen LogP contribution is 2.18. The van der Waals surface area contributed by atoms with Gasteiger partial charge in [-0.2, -0.15) is 4.98 Å². The lowest BCUT2D eigenvalue weighted by atomic mass is 10.2. The van der Waals surface area contributed by atoms with Gasteiger partial charge in [0, 0.05) is 56.9 Å². The second-order valence-corrected chi connectivity index (χ2v) is 5.79. The van der Waals surface area contributed by atoms with Gasteiger partial charge in [-0.3, -0.25) is 4.90 Å². The Hall–Kier alpha value is -2.15. The minimum Gasteiger partial charge on any atom is -0.481 e. The van der Waals surface area contributed by atoms with Crippen LogP contribution < -0.4 is 9.64 Å². The van der Waals surface area contributed by atoms with E-state index in [4.69, 9.17) is 4.74 Å². The van der Waals surface area contributed by atoms with E-state index in [1.54, 1.807) is 19.4 Å². The average Bonchev–Trinajstić information content (AvgIpc) is 3.04. The number of anilines is 1. The fourth-order valence-electron chi connectivity index (χ4n) is 2.97. The Labute approximate surface area is 136 Å². The topological polar surface area (TPSA) is 59.3 Å². The van der Waals surface area contributed by atoms with E-state index < -0.39 is 0 Å². The number of ether oxygens (including phenoxy) is 1. The highest BCUT2D eigenvalue weighted by Gasteiger charge is 2.26. The molecule has 1 aliphatic rings. The number of hydrogen-bond acceptors (Lipinski definition) is 6. The Balaban J connectivity index is 1.65. The Bertz CT molecular complexity index is 643. The van der Waals surface area contributed by atoms with Crippen LogP contribution in [0, 0.1) is 0 Å². The van der Waals surface area contributed by atoms with Crippen molar-refractivity contribution in [2.24, 2.45) is 0 Å². The lowest BCUT2D eigenvalue weighted by Crippen LogP contribution is -2.52. The SMILES string of the molecule is CCn1ccnc1CN1CCN(c2nccc(OC)n2)C[C@@H]1C. The summed E-state index contributed by atoms with van der Waals surface area (Å²) in [7, 11) is 1.63. The lowest BCUT2D eigenvalue weighted by molar-refractivity contribution is 0.173. The van der Waals surface area contributed by atoms with E-state index in [0.29, 0.717) is 11.9 Å². The molecule has 1 fully saturated rings. The number of nitrogens with zero attached hydrogens (tertiary/aromatic N) is 6. The molecule has 2 aromatic rings. The molecular formula is C16H24N6O. The molecule has 0 radical (unpaired) electrons. The molecule has 1 atom stereocenters.